The molecule has 1 aliphatic rings. The number of methoxy groups -OCH3 is 1. The molecule has 0 N–H and O–H groups in total. The van der Waals surface area contributed by atoms with E-state index in [1.54, 1.807) is 7.11 Å². The molecule has 1 aliphatic heterocycles. The van der Waals surface area contributed by atoms with Crippen molar-refractivity contribution in [2.45, 2.75) is 57.5 Å². The number of carbonyl (C=O) groups excluding carboxylic acids is 1. The smallest absolute Gasteiger partial charge is 0.261 e. The molecular formula is C23H31NO3Si. The molecule has 1 heterocycles. The summed E-state index contributed by atoms with van der Waals surface area (Å²) in [5.74, 6) is 0.782. The first kappa shape index (κ1) is 20.6. The van der Waals surface area contributed by atoms with Gasteiger partial charge in [-0.05, 0) is 54.9 Å². The van der Waals surface area contributed by atoms with Gasteiger partial charge in [-0.2, -0.15) is 0 Å². The molecule has 2 aromatic carbocycles. The van der Waals surface area contributed by atoms with E-state index in [0.717, 1.165) is 17.0 Å². The maximum atomic E-state index is 13.4. The highest BCUT2D eigenvalue weighted by Crippen LogP contribution is 2.52. The summed E-state index contributed by atoms with van der Waals surface area (Å²) in [6.07, 6.45) is 0. The van der Waals surface area contributed by atoms with Crippen LogP contribution in [0.1, 0.15) is 39.3 Å². The number of hydrogen-bond acceptors (Lipinski definition) is 3. The van der Waals surface area contributed by atoms with Crippen molar-refractivity contribution in [1.29, 1.82) is 0 Å². The van der Waals surface area contributed by atoms with Gasteiger partial charge in [0.2, 0.25) is 0 Å². The van der Waals surface area contributed by atoms with Gasteiger partial charge in [0.15, 0.2) is 13.9 Å². The first-order valence-corrected chi connectivity index (χ1v) is 12.6. The second kappa shape index (κ2) is 7.05. The summed E-state index contributed by atoms with van der Waals surface area (Å²) in [6.45, 7) is 12.9. The number of hydrogen-bond donors (Lipinski definition) is 0. The molecule has 150 valence electrons. The topological polar surface area (TPSA) is 38.8 Å². The van der Waals surface area contributed by atoms with Crippen LogP contribution in [0.2, 0.25) is 18.1 Å². The summed E-state index contributed by atoms with van der Waals surface area (Å²) < 4.78 is 12.0. The van der Waals surface area contributed by atoms with Crippen molar-refractivity contribution in [3.05, 3.63) is 60.2 Å². The molecule has 0 bridgehead atoms. The molecule has 2 aromatic rings. The Morgan fingerprint density at radius 3 is 2.07 bits per heavy atom. The molecule has 0 aromatic heterocycles. The zero-order chi connectivity index (χ0) is 20.7. The number of carbonyl (C=O) groups is 1. The van der Waals surface area contributed by atoms with Crippen molar-refractivity contribution in [2.75, 3.05) is 12.0 Å². The summed E-state index contributed by atoms with van der Waals surface area (Å²) in [4.78, 5) is 15.3. The second-order valence-corrected chi connectivity index (χ2v) is 13.9. The van der Waals surface area contributed by atoms with Crippen LogP contribution in [0.25, 0.3) is 0 Å². The fourth-order valence-corrected chi connectivity index (χ4v) is 5.11. The first-order chi connectivity index (χ1) is 13.0. The number of ether oxygens (including phenoxy) is 1. The molecule has 0 spiro atoms. The van der Waals surface area contributed by atoms with Crippen LogP contribution in [0, 0.1) is 0 Å². The quantitative estimate of drug-likeness (QED) is 0.489. The zero-order valence-corrected chi connectivity index (χ0v) is 18.9. The maximum Gasteiger partial charge on any atom is 0.261 e. The van der Waals surface area contributed by atoms with Gasteiger partial charge in [0, 0.05) is 5.69 Å². The largest absolute Gasteiger partial charge is 0.497 e. The number of anilines is 1. The number of β-lactam (4-membered cyclic amide) rings is 1. The van der Waals surface area contributed by atoms with Gasteiger partial charge in [-0.3, -0.25) is 9.69 Å². The molecule has 0 radical (unpaired) electrons. The second-order valence-electron chi connectivity index (χ2n) is 9.16. The monoisotopic (exact) mass is 397 g/mol. The molecule has 0 aliphatic carbocycles. The Kier molecular flexibility index (Phi) is 5.19. The van der Waals surface area contributed by atoms with Crippen LogP contribution in [0.4, 0.5) is 5.69 Å². The number of nitrogens with zero attached hydrogens (tertiary/aromatic N) is 1. The van der Waals surface area contributed by atoms with Gasteiger partial charge in [0.25, 0.3) is 5.91 Å². The zero-order valence-electron chi connectivity index (χ0n) is 17.9. The number of benzene rings is 2. The lowest BCUT2D eigenvalue weighted by Crippen LogP contribution is -2.71. The third-order valence-electron chi connectivity index (χ3n) is 6.16. The average Bonchev–Trinajstić information content (AvgIpc) is 2.65. The summed E-state index contributed by atoms with van der Waals surface area (Å²) in [7, 11) is -0.500. The maximum absolute atomic E-state index is 13.4. The van der Waals surface area contributed by atoms with E-state index in [0.29, 0.717) is 0 Å². The van der Waals surface area contributed by atoms with E-state index >= 15 is 0 Å². The lowest BCUT2D eigenvalue weighted by Gasteiger charge is -2.57. The highest BCUT2D eigenvalue weighted by molar-refractivity contribution is 6.74. The Bertz CT molecular complexity index is 842. The standard InChI is InChI=1S/C23H31NO3Si/c1-22(2,3)28(6,7)27-23(4)20(17-11-9-8-10-12-17)24(21(23)25)18-13-15-19(26-5)16-14-18/h8-16,20H,1-7H3. The molecule has 4 nitrogen and oxygen atoms in total. The molecule has 5 heteroatoms. The summed E-state index contributed by atoms with van der Waals surface area (Å²) >= 11 is 0. The highest BCUT2D eigenvalue weighted by atomic mass is 28.4. The van der Waals surface area contributed by atoms with Crippen LogP contribution in [0.5, 0.6) is 5.75 Å². The Morgan fingerprint density at radius 1 is 1.00 bits per heavy atom. The van der Waals surface area contributed by atoms with Gasteiger partial charge < -0.3 is 9.16 Å². The molecule has 0 saturated carbocycles. The van der Waals surface area contributed by atoms with Crippen LogP contribution >= 0.6 is 0 Å². The molecule has 3 rings (SSSR count). The fraction of sp³-hybridized carbons (Fsp3) is 0.435. The lowest BCUT2D eigenvalue weighted by molar-refractivity contribution is -0.148. The molecule has 2 atom stereocenters. The summed E-state index contributed by atoms with van der Waals surface area (Å²) in [5.41, 5.74) is 1.07. The Hall–Kier alpha value is -2.11. The minimum Gasteiger partial charge on any atom is -0.497 e. The van der Waals surface area contributed by atoms with Crippen molar-refractivity contribution < 1.29 is 14.0 Å². The van der Waals surface area contributed by atoms with E-state index in [9.17, 15) is 4.79 Å². The predicted molar refractivity (Wildman–Crippen MR) is 116 cm³/mol. The van der Waals surface area contributed by atoms with Crippen LogP contribution < -0.4 is 9.64 Å². The molecule has 1 fully saturated rings. The molecular weight excluding hydrogens is 366 g/mol. The Balaban J connectivity index is 2.02. The lowest BCUT2D eigenvalue weighted by atomic mass is 9.79. The molecule has 1 amide bonds. The first-order valence-electron chi connectivity index (χ1n) is 9.74. The molecule has 2 unspecified atom stereocenters. The molecule has 28 heavy (non-hydrogen) atoms. The van der Waals surface area contributed by atoms with Gasteiger partial charge in [-0.1, -0.05) is 51.1 Å². The van der Waals surface area contributed by atoms with Crippen molar-refractivity contribution >= 4 is 19.9 Å². The van der Waals surface area contributed by atoms with Gasteiger partial charge in [0.1, 0.15) is 5.75 Å². The van der Waals surface area contributed by atoms with E-state index < -0.39 is 13.9 Å². The van der Waals surface area contributed by atoms with E-state index in [1.807, 2.05) is 54.3 Å². The Labute approximate surface area is 169 Å². The van der Waals surface area contributed by atoms with Crippen molar-refractivity contribution in [2.24, 2.45) is 0 Å². The summed E-state index contributed by atoms with van der Waals surface area (Å²) in [5, 5.41) is 0.0259. The normalized spacial score (nSPS) is 22.8. The van der Waals surface area contributed by atoms with Crippen LogP contribution in [0.3, 0.4) is 0 Å². The predicted octanol–water partition coefficient (Wildman–Crippen LogP) is 5.56. The summed E-state index contributed by atoms with van der Waals surface area (Å²) in [6, 6.07) is 17.6. The van der Waals surface area contributed by atoms with Gasteiger partial charge in [0.05, 0.1) is 13.2 Å². The van der Waals surface area contributed by atoms with Crippen LogP contribution in [0.15, 0.2) is 54.6 Å². The van der Waals surface area contributed by atoms with E-state index in [4.69, 9.17) is 9.16 Å². The average molecular weight is 398 g/mol. The Morgan fingerprint density at radius 2 is 1.57 bits per heavy atom. The third-order valence-corrected chi connectivity index (χ3v) is 10.7. The van der Waals surface area contributed by atoms with Gasteiger partial charge in [-0.15, -0.1) is 0 Å². The van der Waals surface area contributed by atoms with Crippen molar-refractivity contribution in [3.63, 3.8) is 0 Å². The highest BCUT2D eigenvalue weighted by Gasteiger charge is 2.62. The minimum atomic E-state index is -2.14. The van der Waals surface area contributed by atoms with Crippen LogP contribution in [-0.2, 0) is 9.22 Å². The number of amides is 1. The van der Waals surface area contributed by atoms with Crippen LogP contribution in [-0.4, -0.2) is 26.9 Å². The van der Waals surface area contributed by atoms with E-state index in [1.165, 1.54) is 0 Å². The van der Waals surface area contributed by atoms with E-state index in [-0.39, 0.29) is 17.0 Å². The van der Waals surface area contributed by atoms with Gasteiger partial charge in [-0.25, -0.2) is 0 Å². The molecule has 1 saturated heterocycles. The number of rotatable bonds is 5. The van der Waals surface area contributed by atoms with Gasteiger partial charge >= 0.3 is 0 Å². The minimum absolute atomic E-state index is 0.0105. The van der Waals surface area contributed by atoms with Crippen molar-refractivity contribution in [3.8, 4) is 5.75 Å². The third kappa shape index (κ3) is 3.38. The van der Waals surface area contributed by atoms with Crippen molar-refractivity contribution in [1.82, 2.24) is 0 Å². The van der Waals surface area contributed by atoms with E-state index in [2.05, 4.69) is 46.0 Å². The SMILES string of the molecule is COc1ccc(N2C(=O)C(C)(O[Si](C)(C)C(C)(C)C)C2c2ccccc2)cc1. The fourth-order valence-electron chi connectivity index (χ4n) is 3.55.